The highest BCUT2D eigenvalue weighted by atomic mass is 16.5. The molecule has 2 aliphatic rings. The van der Waals surface area contributed by atoms with E-state index in [-0.39, 0.29) is 29.8 Å². The van der Waals surface area contributed by atoms with Crippen LogP contribution in [0.4, 0.5) is 0 Å². The molecular weight excluding hydrogens is 606 g/mol. The first-order valence-electron chi connectivity index (χ1n) is 16.6. The first-order chi connectivity index (χ1) is 21.8. The summed E-state index contributed by atoms with van der Waals surface area (Å²) >= 11 is 0. The van der Waals surface area contributed by atoms with Crippen LogP contribution in [0.1, 0.15) is 93.1 Å². The molecule has 1 aliphatic heterocycles. The van der Waals surface area contributed by atoms with Crippen LogP contribution in [-0.4, -0.2) is 76.5 Å². The number of likely N-dealkylation sites (tertiary alicyclic amines) is 1. The second-order valence-corrected chi connectivity index (χ2v) is 15.7. The average Bonchev–Trinajstić information content (AvgIpc) is 3.41. The zero-order valence-electron chi connectivity index (χ0n) is 29.1. The van der Waals surface area contributed by atoms with Crippen LogP contribution >= 0.6 is 0 Å². The number of aliphatic hydroxyl groups is 1. The van der Waals surface area contributed by atoms with E-state index in [2.05, 4.69) is 16.0 Å². The number of ketones is 1. The fourth-order valence-electron chi connectivity index (χ4n) is 6.15. The summed E-state index contributed by atoms with van der Waals surface area (Å²) in [6.45, 7) is 15.6. The Hall–Kier alpha value is -3.29. The standard InChI is InChI=1S/C34H55N5O8/c1-19(2)22-11-13-39(25(22)29(42)36-23(15-20-9-10-20)26(40)28(35)41)30(43)27(34(6,7)8)38-32(45)37-24(16-33(3,4)5)31(44)47-18-21-12-14-46-17-21/h12,14,17,19-20,22-25,27,32,37-38,45H,9-11,13,15-16,18H2,1-8H3,(H2,35,41)(H,36,42)/t22-,23?,24+,25+,27-,32?/m1/s1. The molecule has 1 saturated carbocycles. The van der Waals surface area contributed by atoms with Gasteiger partial charge < -0.3 is 30.2 Å². The van der Waals surface area contributed by atoms with Crippen molar-refractivity contribution in [2.75, 3.05) is 6.54 Å². The van der Waals surface area contributed by atoms with Gasteiger partial charge in [0.25, 0.3) is 5.91 Å². The predicted octanol–water partition coefficient (Wildman–Crippen LogP) is 2.21. The molecule has 1 aromatic rings. The molecule has 1 aromatic heterocycles. The van der Waals surface area contributed by atoms with E-state index in [9.17, 15) is 29.1 Å². The molecule has 3 rings (SSSR count). The molecule has 47 heavy (non-hydrogen) atoms. The minimum atomic E-state index is -1.48. The second kappa shape index (κ2) is 15.7. The summed E-state index contributed by atoms with van der Waals surface area (Å²) < 4.78 is 10.5. The predicted molar refractivity (Wildman–Crippen MR) is 174 cm³/mol. The lowest BCUT2D eigenvalue weighted by Crippen LogP contribution is -2.63. The number of ether oxygens (including phenoxy) is 1. The third-order valence-corrected chi connectivity index (χ3v) is 8.85. The van der Waals surface area contributed by atoms with Crippen LogP contribution in [0.15, 0.2) is 23.0 Å². The van der Waals surface area contributed by atoms with Crippen molar-refractivity contribution in [2.24, 2.45) is 34.3 Å². The molecule has 0 spiro atoms. The molecule has 264 valence electrons. The number of nitrogens with zero attached hydrogens (tertiary/aromatic N) is 1. The van der Waals surface area contributed by atoms with Gasteiger partial charge in [-0.25, -0.2) is 0 Å². The first-order valence-corrected chi connectivity index (χ1v) is 16.6. The Morgan fingerprint density at radius 1 is 1.04 bits per heavy atom. The zero-order chi connectivity index (χ0) is 35.3. The molecule has 2 fully saturated rings. The normalized spacial score (nSPS) is 21.2. The van der Waals surface area contributed by atoms with Gasteiger partial charge in [-0.15, -0.1) is 0 Å². The van der Waals surface area contributed by atoms with Crippen molar-refractivity contribution in [3.8, 4) is 0 Å². The number of esters is 1. The summed E-state index contributed by atoms with van der Waals surface area (Å²) in [6.07, 6.45) is 4.52. The van der Waals surface area contributed by atoms with Crippen molar-refractivity contribution in [2.45, 2.75) is 125 Å². The Balaban J connectivity index is 1.79. The molecular formula is C34H55N5O8. The van der Waals surface area contributed by atoms with Crippen LogP contribution in [-0.2, 0) is 35.3 Å². The van der Waals surface area contributed by atoms with Crippen LogP contribution in [0, 0.1) is 28.6 Å². The summed E-state index contributed by atoms with van der Waals surface area (Å²) in [5, 5.41) is 19.8. The third kappa shape index (κ3) is 11.1. The summed E-state index contributed by atoms with van der Waals surface area (Å²) in [5.41, 5.74) is 4.95. The number of primary amides is 1. The Bertz CT molecular complexity index is 1250. The molecule has 13 nitrogen and oxygen atoms in total. The van der Waals surface area contributed by atoms with E-state index in [4.69, 9.17) is 14.9 Å². The van der Waals surface area contributed by atoms with Gasteiger partial charge in [-0.3, -0.25) is 34.6 Å². The van der Waals surface area contributed by atoms with Crippen molar-refractivity contribution in [3.63, 3.8) is 0 Å². The van der Waals surface area contributed by atoms with E-state index in [1.54, 1.807) is 6.07 Å². The molecule has 0 aromatic carbocycles. The van der Waals surface area contributed by atoms with Crippen LogP contribution in [0.5, 0.6) is 0 Å². The van der Waals surface area contributed by atoms with E-state index < -0.39 is 65.4 Å². The molecule has 6 atom stereocenters. The summed E-state index contributed by atoms with van der Waals surface area (Å²) in [7, 11) is 0. The topological polar surface area (TPSA) is 193 Å². The Labute approximate surface area is 278 Å². The maximum atomic E-state index is 14.3. The fourth-order valence-corrected chi connectivity index (χ4v) is 6.15. The van der Waals surface area contributed by atoms with E-state index in [1.807, 2.05) is 55.4 Å². The highest BCUT2D eigenvalue weighted by Crippen LogP contribution is 2.36. The lowest BCUT2D eigenvalue weighted by atomic mass is 9.84. The number of carbonyl (C=O) groups is 5. The third-order valence-electron chi connectivity index (χ3n) is 8.85. The van der Waals surface area contributed by atoms with Crippen molar-refractivity contribution in [1.29, 1.82) is 0 Å². The molecule has 1 aliphatic carbocycles. The lowest BCUT2D eigenvalue weighted by molar-refractivity contribution is -0.150. The van der Waals surface area contributed by atoms with E-state index >= 15 is 0 Å². The Morgan fingerprint density at radius 3 is 2.21 bits per heavy atom. The highest BCUT2D eigenvalue weighted by molar-refractivity contribution is 6.37. The number of hydrogen-bond donors (Lipinski definition) is 5. The highest BCUT2D eigenvalue weighted by Gasteiger charge is 2.48. The number of nitrogens with one attached hydrogen (secondary N) is 3. The number of furan rings is 1. The molecule has 1 saturated heterocycles. The molecule has 0 bridgehead atoms. The average molecular weight is 662 g/mol. The van der Waals surface area contributed by atoms with Crippen LogP contribution < -0.4 is 21.7 Å². The van der Waals surface area contributed by atoms with Crippen molar-refractivity contribution >= 4 is 29.5 Å². The van der Waals surface area contributed by atoms with Gasteiger partial charge in [-0.1, -0.05) is 68.2 Å². The smallest absolute Gasteiger partial charge is 0.323 e. The zero-order valence-corrected chi connectivity index (χ0v) is 29.1. The SMILES string of the molecule is CC(C)[C@H]1CCN(C(=O)[C@@H](NC(O)N[C@@H](CC(C)(C)C)C(=O)OCc2ccoc2)C(C)(C)C)[C@@H]1C(=O)NC(CC1CC1)C(=O)C(N)=O. The van der Waals surface area contributed by atoms with Gasteiger partial charge in [0.15, 0.2) is 6.35 Å². The second-order valence-electron chi connectivity index (χ2n) is 15.7. The number of hydrogen-bond acceptors (Lipinski definition) is 10. The Kier molecular flexibility index (Phi) is 12.8. The molecule has 3 amide bonds. The van der Waals surface area contributed by atoms with E-state index in [0.717, 1.165) is 12.8 Å². The van der Waals surface area contributed by atoms with Crippen molar-refractivity contribution < 1.29 is 38.2 Å². The van der Waals surface area contributed by atoms with Crippen molar-refractivity contribution in [3.05, 3.63) is 24.2 Å². The van der Waals surface area contributed by atoms with E-state index in [1.165, 1.54) is 17.4 Å². The van der Waals surface area contributed by atoms with Gasteiger partial charge >= 0.3 is 5.97 Å². The van der Waals surface area contributed by atoms with Gasteiger partial charge in [-0.05, 0) is 53.9 Å². The Morgan fingerprint density at radius 2 is 1.70 bits per heavy atom. The van der Waals surface area contributed by atoms with Crippen molar-refractivity contribution in [1.82, 2.24) is 20.9 Å². The maximum absolute atomic E-state index is 14.3. The van der Waals surface area contributed by atoms with Gasteiger partial charge in [-0.2, -0.15) is 0 Å². The molecule has 13 heteroatoms. The molecule has 0 radical (unpaired) electrons. The van der Waals surface area contributed by atoms with Crippen LogP contribution in [0.2, 0.25) is 0 Å². The summed E-state index contributed by atoms with van der Waals surface area (Å²) in [6, 6.07) is -2.13. The van der Waals surface area contributed by atoms with Gasteiger partial charge in [0.2, 0.25) is 17.6 Å². The first kappa shape index (κ1) is 38.2. The van der Waals surface area contributed by atoms with Gasteiger partial charge in [0, 0.05) is 12.1 Å². The van der Waals surface area contributed by atoms with Gasteiger partial charge in [0.1, 0.15) is 18.7 Å². The monoisotopic (exact) mass is 661 g/mol. The molecule has 2 unspecified atom stereocenters. The molecule has 6 N–H and O–H groups in total. The number of aliphatic hydroxyl groups excluding tert-OH is 1. The quantitative estimate of drug-likeness (QED) is 0.0996. The number of carbonyl (C=O) groups excluding carboxylic acids is 5. The molecule has 2 heterocycles. The lowest BCUT2D eigenvalue weighted by Gasteiger charge is -2.38. The number of nitrogens with two attached hydrogens (primary N) is 1. The van der Waals surface area contributed by atoms with Crippen LogP contribution in [0.25, 0.3) is 0 Å². The fraction of sp³-hybridized carbons (Fsp3) is 0.735. The summed E-state index contributed by atoms with van der Waals surface area (Å²) in [5.74, 6) is -3.36. The maximum Gasteiger partial charge on any atom is 0.323 e. The minimum absolute atomic E-state index is 0.00621. The number of rotatable bonds is 16. The number of Topliss-reactive ketones (excluding diaryl/α,β-unsaturated/α-hetero) is 1. The number of amides is 3. The van der Waals surface area contributed by atoms with Crippen LogP contribution in [0.3, 0.4) is 0 Å². The van der Waals surface area contributed by atoms with Gasteiger partial charge in [0.05, 0.1) is 24.6 Å². The van der Waals surface area contributed by atoms with E-state index in [0.29, 0.717) is 31.4 Å². The summed E-state index contributed by atoms with van der Waals surface area (Å²) in [4.78, 5) is 67.2. The largest absolute Gasteiger partial charge is 0.472 e. The minimum Gasteiger partial charge on any atom is -0.472 e.